The van der Waals surface area contributed by atoms with Crippen molar-refractivity contribution in [1.82, 2.24) is 4.57 Å². The van der Waals surface area contributed by atoms with Crippen LogP contribution >= 0.6 is 0 Å². The van der Waals surface area contributed by atoms with Gasteiger partial charge in [0.05, 0.1) is 19.3 Å². The van der Waals surface area contributed by atoms with Gasteiger partial charge < -0.3 is 14.0 Å². The Morgan fingerprint density at radius 2 is 1.84 bits per heavy atom. The maximum Gasteiger partial charge on any atom is 0.412 e. The van der Waals surface area contributed by atoms with E-state index in [1.54, 1.807) is 44.7 Å². The molecule has 2 aromatic carbocycles. The summed E-state index contributed by atoms with van der Waals surface area (Å²) in [7, 11) is 1.65. The van der Waals surface area contributed by atoms with E-state index in [9.17, 15) is 9.59 Å². The summed E-state index contributed by atoms with van der Waals surface area (Å²) in [6.07, 6.45) is 1.06. The number of carbonyl (C=O) groups excluding carboxylic acids is 1. The third-order valence-corrected chi connectivity index (χ3v) is 4.59. The summed E-state index contributed by atoms with van der Waals surface area (Å²) in [5.74, 6) is 0.776. The lowest BCUT2D eigenvalue weighted by molar-refractivity contribution is 0.0636. The summed E-state index contributed by atoms with van der Waals surface area (Å²) < 4.78 is 12.3. The molecule has 0 radical (unpaired) electrons. The van der Waals surface area contributed by atoms with E-state index in [-0.39, 0.29) is 5.56 Å². The molecule has 0 aliphatic rings. The van der Waals surface area contributed by atoms with Crippen molar-refractivity contribution < 1.29 is 14.3 Å². The van der Waals surface area contributed by atoms with Gasteiger partial charge in [-0.1, -0.05) is 35.9 Å². The van der Waals surface area contributed by atoms with Crippen molar-refractivity contribution in [2.45, 2.75) is 39.8 Å². The van der Waals surface area contributed by atoms with Crippen LogP contribution in [0.2, 0.25) is 0 Å². The number of amides is 1. The molecule has 31 heavy (non-hydrogen) atoms. The van der Waals surface area contributed by atoms with Gasteiger partial charge in [-0.05, 0) is 57.0 Å². The summed E-state index contributed by atoms with van der Waals surface area (Å²) >= 11 is 0. The second-order valence-electron chi connectivity index (χ2n) is 8.41. The average molecular weight is 421 g/mol. The van der Waals surface area contributed by atoms with Gasteiger partial charge in [0.1, 0.15) is 11.4 Å². The standard InChI is InChI=1S/C25H28N2O4/c1-17-7-6-8-19(13-17)21-14-18(9-10-22(21)30-5)16-27-12-11-20(15-23(27)28)26-24(29)31-25(2,3)4/h6-15H,16H2,1-5H3,(H,26,29). The zero-order valence-electron chi connectivity index (χ0n) is 18.6. The van der Waals surface area contributed by atoms with E-state index < -0.39 is 11.7 Å². The summed E-state index contributed by atoms with van der Waals surface area (Å²) in [4.78, 5) is 24.5. The van der Waals surface area contributed by atoms with E-state index in [1.165, 1.54) is 6.07 Å². The maximum absolute atomic E-state index is 12.6. The monoisotopic (exact) mass is 420 g/mol. The normalized spacial score (nSPS) is 11.1. The Morgan fingerprint density at radius 1 is 1.06 bits per heavy atom. The van der Waals surface area contributed by atoms with Crippen molar-refractivity contribution in [1.29, 1.82) is 0 Å². The largest absolute Gasteiger partial charge is 0.496 e. The van der Waals surface area contributed by atoms with Gasteiger partial charge in [-0.3, -0.25) is 10.1 Å². The van der Waals surface area contributed by atoms with Crippen LogP contribution in [0.3, 0.4) is 0 Å². The first-order valence-electron chi connectivity index (χ1n) is 10.1. The number of nitrogens with zero attached hydrogens (tertiary/aromatic N) is 1. The number of aryl methyl sites for hydroxylation is 1. The summed E-state index contributed by atoms with van der Waals surface area (Å²) in [5.41, 5.74) is 3.72. The molecular weight excluding hydrogens is 392 g/mol. The van der Waals surface area contributed by atoms with Gasteiger partial charge in [-0.15, -0.1) is 0 Å². The zero-order chi connectivity index (χ0) is 22.6. The Kier molecular flexibility index (Phi) is 6.49. The van der Waals surface area contributed by atoms with Gasteiger partial charge in [0, 0.05) is 17.8 Å². The molecule has 0 spiro atoms. The molecule has 1 aromatic heterocycles. The molecule has 0 aliphatic carbocycles. The highest BCUT2D eigenvalue weighted by molar-refractivity contribution is 5.84. The molecule has 3 rings (SSSR count). The highest BCUT2D eigenvalue weighted by Gasteiger charge is 2.16. The van der Waals surface area contributed by atoms with E-state index in [4.69, 9.17) is 9.47 Å². The van der Waals surface area contributed by atoms with Gasteiger partial charge in [-0.2, -0.15) is 0 Å². The van der Waals surface area contributed by atoms with Crippen molar-refractivity contribution in [2.75, 3.05) is 12.4 Å². The van der Waals surface area contributed by atoms with Crippen molar-refractivity contribution in [2.24, 2.45) is 0 Å². The van der Waals surface area contributed by atoms with E-state index in [0.29, 0.717) is 12.2 Å². The van der Waals surface area contributed by atoms with Gasteiger partial charge in [0.25, 0.3) is 5.56 Å². The van der Waals surface area contributed by atoms with Gasteiger partial charge >= 0.3 is 6.09 Å². The molecule has 1 amide bonds. The summed E-state index contributed by atoms with van der Waals surface area (Å²) in [5, 5.41) is 2.59. The number of carbonyl (C=O) groups is 1. The third kappa shape index (κ3) is 5.98. The molecule has 0 saturated carbocycles. The van der Waals surface area contributed by atoms with E-state index in [2.05, 4.69) is 11.4 Å². The summed E-state index contributed by atoms with van der Waals surface area (Å²) in [6, 6.07) is 17.2. The molecule has 3 aromatic rings. The number of benzene rings is 2. The van der Waals surface area contributed by atoms with Crippen molar-refractivity contribution in [3.05, 3.63) is 82.3 Å². The molecule has 0 saturated heterocycles. The Morgan fingerprint density at radius 3 is 2.48 bits per heavy atom. The first-order chi connectivity index (χ1) is 14.6. The predicted molar refractivity (Wildman–Crippen MR) is 123 cm³/mol. The van der Waals surface area contributed by atoms with Crippen LogP contribution in [-0.4, -0.2) is 23.4 Å². The number of anilines is 1. The molecule has 6 nitrogen and oxygen atoms in total. The smallest absolute Gasteiger partial charge is 0.412 e. The van der Waals surface area contributed by atoms with Crippen LogP contribution in [0.1, 0.15) is 31.9 Å². The van der Waals surface area contributed by atoms with E-state index in [1.807, 2.05) is 43.3 Å². The number of ether oxygens (including phenoxy) is 2. The van der Waals surface area contributed by atoms with Crippen LogP contribution in [0.4, 0.5) is 10.5 Å². The Balaban J connectivity index is 1.82. The number of aromatic nitrogens is 1. The molecule has 0 fully saturated rings. The molecule has 0 atom stereocenters. The van der Waals surface area contributed by atoms with E-state index >= 15 is 0 Å². The summed E-state index contributed by atoms with van der Waals surface area (Å²) in [6.45, 7) is 7.79. The number of nitrogens with one attached hydrogen (secondary N) is 1. The van der Waals surface area contributed by atoms with E-state index in [0.717, 1.165) is 28.0 Å². The van der Waals surface area contributed by atoms with Crippen LogP contribution in [0.5, 0.6) is 5.75 Å². The first-order valence-corrected chi connectivity index (χ1v) is 10.1. The number of hydrogen-bond acceptors (Lipinski definition) is 4. The van der Waals surface area contributed by atoms with Gasteiger partial charge in [-0.25, -0.2) is 4.79 Å². The average Bonchev–Trinajstić information content (AvgIpc) is 2.68. The minimum absolute atomic E-state index is 0.221. The molecule has 0 bridgehead atoms. The van der Waals surface area contributed by atoms with Crippen LogP contribution in [0, 0.1) is 6.92 Å². The lowest BCUT2D eigenvalue weighted by Crippen LogP contribution is -2.28. The zero-order valence-corrected chi connectivity index (χ0v) is 18.6. The van der Waals surface area contributed by atoms with Gasteiger partial charge in [0.2, 0.25) is 0 Å². The van der Waals surface area contributed by atoms with Crippen LogP contribution in [0.25, 0.3) is 11.1 Å². The molecule has 0 unspecified atom stereocenters. The van der Waals surface area contributed by atoms with Crippen LogP contribution in [0.15, 0.2) is 65.6 Å². The van der Waals surface area contributed by atoms with Crippen molar-refractivity contribution in [3.63, 3.8) is 0 Å². The Labute approximate surface area is 182 Å². The maximum atomic E-state index is 12.6. The first kappa shape index (κ1) is 22.2. The second kappa shape index (κ2) is 9.08. The quantitative estimate of drug-likeness (QED) is 0.614. The third-order valence-electron chi connectivity index (χ3n) is 4.59. The molecule has 6 heteroatoms. The highest BCUT2D eigenvalue weighted by Crippen LogP contribution is 2.31. The molecule has 162 valence electrons. The van der Waals surface area contributed by atoms with Crippen LogP contribution < -0.4 is 15.6 Å². The van der Waals surface area contributed by atoms with Crippen LogP contribution in [-0.2, 0) is 11.3 Å². The fourth-order valence-corrected chi connectivity index (χ4v) is 3.23. The number of hydrogen-bond donors (Lipinski definition) is 1. The Hall–Kier alpha value is -3.54. The SMILES string of the molecule is COc1ccc(Cn2ccc(NC(=O)OC(C)(C)C)cc2=O)cc1-c1cccc(C)c1. The fourth-order valence-electron chi connectivity index (χ4n) is 3.23. The van der Waals surface area contributed by atoms with Crippen molar-refractivity contribution >= 4 is 11.8 Å². The van der Waals surface area contributed by atoms with Gasteiger partial charge in [0.15, 0.2) is 0 Å². The Bertz CT molecular complexity index is 1140. The molecule has 1 heterocycles. The molecular formula is C25H28N2O4. The number of methoxy groups -OCH3 is 1. The fraction of sp³-hybridized carbons (Fsp3) is 0.280. The minimum Gasteiger partial charge on any atom is -0.496 e. The number of rotatable bonds is 5. The predicted octanol–water partition coefficient (Wildman–Crippen LogP) is 5.23. The second-order valence-corrected chi connectivity index (χ2v) is 8.41. The topological polar surface area (TPSA) is 69.6 Å². The molecule has 0 aliphatic heterocycles. The lowest BCUT2D eigenvalue weighted by atomic mass is 10.00. The number of pyridine rings is 1. The molecule has 1 N–H and O–H groups in total. The highest BCUT2D eigenvalue weighted by atomic mass is 16.6. The lowest BCUT2D eigenvalue weighted by Gasteiger charge is -2.19. The van der Waals surface area contributed by atoms with Crippen molar-refractivity contribution in [3.8, 4) is 16.9 Å². The minimum atomic E-state index is -0.609.